The van der Waals surface area contributed by atoms with E-state index in [0.29, 0.717) is 0 Å². The lowest BCUT2D eigenvalue weighted by Gasteiger charge is -2.09. The summed E-state index contributed by atoms with van der Waals surface area (Å²) in [6.45, 7) is 6.76. The number of ether oxygens (including phenoxy) is 1. The lowest BCUT2D eigenvalue weighted by atomic mass is 10.1. The first-order valence-electron chi connectivity index (χ1n) is 5.69. The van der Waals surface area contributed by atoms with Crippen LogP contribution in [0.25, 0.3) is 0 Å². The van der Waals surface area contributed by atoms with Crippen molar-refractivity contribution in [1.82, 2.24) is 0 Å². The van der Waals surface area contributed by atoms with Crippen molar-refractivity contribution in [2.45, 2.75) is 33.3 Å². The van der Waals surface area contributed by atoms with Crippen molar-refractivity contribution in [3.63, 3.8) is 0 Å². The number of benzene rings is 1. The molecular weight excluding hydrogens is 200 g/mol. The second-order valence-electron chi connectivity index (χ2n) is 4.11. The highest BCUT2D eigenvalue weighted by molar-refractivity contribution is 5.30. The summed E-state index contributed by atoms with van der Waals surface area (Å²) in [7, 11) is 0. The molecule has 16 heavy (non-hydrogen) atoms. The molecule has 88 valence electrons. The summed E-state index contributed by atoms with van der Waals surface area (Å²) in [5.74, 6) is 0.856. The molecule has 0 radical (unpaired) electrons. The Morgan fingerprint density at radius 3 is 2.44 bits per heavy atom. The number of rotatable bonds is 5. The molecule has 2 heteroatoms. The third kappa shape index (κ3) is 4.07. The lowest BCUT2D eigenvalue weighted by molar-refractivity contribution is 0.227. The van der Waals surface area contributed by atoms with E-state index < -0.39 is 6.10 Å². The van der Waals surface area contributed by atoms with E-state index in [1.807, 2.05) is 44.2 Å². The molecule has 0 aliphatic carbocycles. The maximum absolute atomic E-state index is 9.84. The van der Waals surface area contributed by atoms with E-state index in [1.54, 1.807) is 0 Å². The van der Waals surface area contributed by atoms with Gasteiger partial charge in [-0.25, -0.2) is 0 Å². The Morgan fingerprint density at radius 1 is 1.31 bits per heavy atom. The van der Waals surface area contributed by atoms with Crippen LogP contribution >= 0.6 is 0 Å². The van der Waals surface area contributed by atoms with Crippen molar-refractivity contribution >= 4 is 0 Å². The molecule has 1 N–H and O–H groups in total. The second kappa shape index (κ2) is 6.33. The zero-order chi connectivity index (χ0) is 12.0. The first kappa shape index (κ1) is 12.8. The third-order valence-electron chi connectivity index (χ3n) is 2.19. The maximum atomic E-state index is 9.84. The second-order valence-corrected chi connectivity index (χ2v) is 4.11. The largest absolute Gasteiger partial charge is 0.494 e. The van der Waals surface area contributed by atoms with E-state index in [-0.39, 0.29) is 0 Å². The van der Waals surface area contributed by atoms with Crippen molar-refractivity contribution in [3.8, 4) is 5.75 Å². The Hall–Kier alpha value is -1.28. The molecule has 1 unspecified atom stereocenters. The van der Waals surface area contributed by atoms with Gasteiger partial charge in [0.15, 0.2) is 0 Å². The highest BCUT2D eigenvalue weighted by Crippen LogP contribution is 2.19. The summed E-state index contributed by atoms with van der Waals surface area (Å²) in [6, 6.07) is 7.59. The van der Waals surface area contributed by atoms with E-state index in [1.165, 1.54) is 0 Å². The summed E-state index contributed by atoms with van der Waals surface area (Å²) in [5, 5.41) is 9.84. The average molecular weight is 220 g/mol. The zero-order valence-electron chi connectivity index (χ0n) is 10.2. The predicted molar refractivity (Wildman–Crippen MR) is 66.6 cm³/mol. The molecule has 1 aromatic rings. The molecule has 0 saturated heterocycles. The van der Waals surface area contributed by atoms with Gasteiger partial charge in [-0.15, -0.1) is 0 Å². The van der Waals surface area contributed by atoms with Gasteiger partial charge in [0.2, 0.25) is 0 Å². The van der Waals surface area contributed by atoms with Gasteiger partial charge in [-0.2, -0.15) is 0 Å². The topological polar surface area (TPSA) is 29.5 Å². The molecule has 0 aliphatic heterocycles. The van der Waals surface area contributed by atoms with Gasteiger partial charge in [0, 0.05) is 0 Å². The van der Waals surface area contributed by atoms with Crippen LogP contribution in [-0.4, -0.2) is 11.7 Å². The molecule has 2 nitrogen and oxygen atoms in total. The van der Waals surface area contributed by atoms with E-state index in [9.17, 15) is 5.11 Å². The monoisotopic (exact) mass is 220 g/mol. The van der Waals surface area contributed by atoms with Gasteiger partial charge in [0.1, 0.15) is 5.75 Å². The summed E-state index contributed by atoms with van der Waals surface area (Å²) in [4.78, 5) is 0. The van der Waals surface area contributed by atoms with Gasteiger partial charge in [-0.05, 0) is 38.0 Å². The molecule has 0 saturated carbocycles. The lowest BCUT2D eigenvalue weighted by Crippen LogP contribution is -1.97. The standard InChI is InChI=1S/C14H20O2/c1-4-9-16-13-7-5-12(6-8-13)14(15)10-11(2)3/h5-8,10,14-15H,4,9H2,1-3H3. The molecule has 1 aromatic carbocycles. The maximum Gasteiger partial charge on any atom is 0.119 e. The van der Waals surface area contributed by atoms with E-state index >= 15 is 0 Å². The van der Waals surface area contributed by atoms with Crippen molar-refractivity contribution in [3.05, 3.63) is 41.5 Å². The molecule has 0 fully saturated rings. The number of aliphatic hydroxyl groups excluding tert-OH is 1. The molecule has 0 heterocycles. The minimum Gasteiger partial charge on any atom is -0.494 e. The van der Waals surface area contributed by atoms with Crippen LogP contribution in [-0.2, 0) is 0 Å². The fourth-order valence-corrected chi connectivity index (χ4v) is 1.39. The molecule has 0 spiro atoms. The number of hydrogen-bond acceptors (Lipinski definition) is 2. The number of hydrogen-bond donors (Lipinski definition) is 1. The van der Waals surface area contributed by atoms with Crippen LogP contribution in [0, 0.1) is 0 Å². The van der Waals surface area contributed by atoms with Crippen LogP contribution in [0.4, 0.5) is 0 Å². The van der Waals surface area contributed by atoms with Gasteiger partial charge in [0.25, 0.3) is 0 Å². The van der Waals surface area contributed by atoms with Crippen LogP contribution in [0.1, 0.15) is 38.9 Å². The fraction of sp³-hybridized carbons (Fsp3) is 0.429. The van der Waals surface area contributed by atoms with Crippen LogP contribution in [0.3, 0.4) is 0 Å². The highest BCUT2D eigenvalue weighted by atomic mass is 16.5. The summed E-state index contributed by atoms with van der Waals surface area (Å²) in [6.07, 6.45) is 2.31. The van der Waals surface area contributed by atoms with Gasteiger partial charge in [0.05, 0.1) is 12.7 Å². The Bertz CT molecular complexity index is 334. The number of allylic oxidation sites excluding steroid dienone is 1. The van der Waals surface area contributed by atoms with Crippen molar-refractivity contribution in [2.75, 3.05) is 6.61 Å². The molecule has 0 aliphatic rings. The predicted octanol–water partition coefficient (Wildman–Crippen LogP) is 3.48. The van der Waals surface area contributed by atoms with Crippen molar-refractivity contribution < 1.29 is 9.84 Å². The molecule has 1 atom stereocenters. The van der Waals surface area contributed by atoms with Gasteiger partial charge in [-0.1, -0.05) is 30.7 Å². The first-order chi connectivity index (χ1) is 7.63. The number of aliphatic hydroxyl groups is 1. The SMILES string of the molecule is CCCOc1ccc(C(O)C=C(C)C)cc1. The Labute approximate surface area is 97.6 Å². The normalized spacial score (nSPS) is 12.0. The Morgan fingerprint density at radius 2 is 1.94 bits per heavy atom. The third-order valence-corrected chi connectivity index (χ3v) is 2.19. The summed E-state index contributed by atoms with van der Waals surface area (Å²) >= 11 is 0. The van der Waals surface area contributed by atoms with Gasteiger partial charge >= 0.3 is 0 Å². The molecule has 0 bridgehead atoms. The van der Waals surface area contributed by atoms with E-state index in [2.05, 4.69) is 6.92 Å². The Balaban J connectivity index is 2.67. The first-order valence-corrected chi connectivity index (χ1v) is 5.69. The fourth-order valence-electron chi connectivity index (χ4n) is 1.39. The highest BCUT2D eigenvalue weighted by Gasteiger charge is 2.03. The van der Waals surface area contributed by atoms with Crippen LogP contribution in [0.15, 0.2) is 35.9 Å². The molecular formula is C14H20O2. The minimum atomic E-state index is -0.523. The average Bonchev–Trinajstić information content (AvgIpc) is 2.26. The minimum absolute atomic E-state index is 0.523. The van der Waals surface area contributed by atoms with Gasteiger partial charge < -0.3 is 9.84 Å². The van der Waals surface area contributed by atoms with Crippen LogP contribution in [0.5, 0.6) is 5.75 Å². The van der Waals surface area contributed by atoms with E-state index in [0.717, 1.165) is 29.9 Å². The molecule has 1 rings (SSSR count). The quantitative estimate of drug-likeness (QED) is 0.770. The van der Waals surface area contributed by atoms with Gasteiger partial charge in [-0.3, -0.25) is 0 Å². The molecule has 0 amide bonds. The summed E-state index contributed by atoms with van der Waals surface area (Å²) < 4.78 is 5.47. The van der Waals surface area contributed by atoms with Crippen LogP contribution < -0.4 is 4.74 Å². The van der Waals surface area contributed by atoms with E-state index in [4.69, 9.17) is 4.74 Å². The molecule has 0 aromatic heterocycles. The summed E-state index contributed by atoms with van der Waals surface area (Å²) in [5.41, 5.74) is 2.00. The van der Waals surface area contributed by atoms with Crippen LogP contribution in [0.2, 0.25) is 0 Å². The Kier molecular flexibility index (Phi) is 5.06. The van der Waals surface area contributed by atoms with Crippen molar-refractivity contribution in [1.29, 1.82) is 0 Å². The smallest absolute Gasteiger partial charge is 0.119 e. The van der Waals surface area contributed by atoms with Crippen molar-refractivity contribution in [2.24, 2.45) is 0 Å². The zero-order valence-corrected chi connectivity index (χ0v) is 10.2.